The number of carbonyl (C=O) groups excluding carboxylic acids is 2. The maximum atomic E-state index is 13.8. The SMILES string of the molecule is CC1CC(C)CN(C2=C(c3cccs3)C(=O)N(c3cccc4ccccc34)C2=O)C1. The van der Waals surface area contributed by atoms with E-state index in [2.05, 4.69) is 18.7 Å². The van der Waals surface area contributed by atoms with Crippen molar-refractivity contribution in [2.24, 2.45) is 11.8 Å². The molecule has 3 aromatic rings. The molecule has 152 valence electrons. The number of piperidine rings is 1. The number of benzene rings is 2. The average Bonchev–Trinajstić information content (AvgIpc) is 3.33. The smallest absolute Gasteiger partial charge is 0.282 e. The molecule has 2 aromatic carbocycles. The molecular formula is C25H24N2O2S. The second-order valence-corrected chi connectivity index (χ2v) is 9.44. The predicted octanol–water partition coefficient (Wildman–Crippen LogP) is 5.16. The van der Waals surface area contributed by atoms with Crippen LogP contribution in [0.25, 0.3) is 16.3 Å². The van der Waals surface area contributed by atoms with Crippen LogP contribution in [0.5, 0.6) is 0 Å². The van der Waals surface area contributed by atoms with Gasteiger partial charge in [-0.2, -0.15) is 0 Å². The molecule has 2 aliphatic heterocycles. The van der Waals surface area contributed by atoms with Crippen molar-refractivity contribution in [3.8, 4) is 0 Å². The van der Waals surface area contributed by atoms with E-state index < -0.39 is 0 Å². The van der Waals surface area contributed by atoms with E-state index in [0.29, 0.717) is 28.8 Å². The standard InChI is InChI=1S/C25H24N2O2S/c1-16-13-17(2)15-26(14-16)23-22(21-11-6-12-30-21)24(28)27(25(23)29)20-10-5-8-18-7-3-4-9-19(18)20/h3-12,16-17H,13-15H2,1-2H3. The Bertz CT molecular complexity index is 1150. The summed E-state index contributed by atoms with van der Waals surface area (Å²) in [4.78, 5) is 31.9. The van der Waals surface area contributed by atoms with E-state index >= 15 is 0 Å². The minimum atomic E-state index is -0.223. The number of carbonyl (C=O) groups is 2. The van der Waals surface area contributed by atoms with Crippen LogP contribution in [-0.4, -0.2) is 29.8 Å². The Morgan fingerprint density at radius 2 is 1.60 bits per heavy atom. The molecule has 0 aliphatic carbocycles. The molecule has 5 rings (SSSR count). The van der Waals surface area contributed by atoms with Crippen LogP contribution < -0.4 is 4.90 Å². The first-order valence-electron chi connectivity index (χ1n) is 10.4. The topological polar surface area (TPSA) is 40.6 Å². The summed E-state index contributed by atoms with van der Waals surface area (Å²) in [5.41, 5.74) is 1.77. The normalized spacial score (nSPS) is 22.5. The fourth-order valence-corrected chi connectivity index (χ4v) is 5.68. The summed E-state index contributed by atoms with van der Waals surface area (Å²) in [5, 5.41) is 3.88. The molecule has 1 aromatic heterocycles. The molecule has 0 spiro atoms. The number of likely N-dealkylation sites (tertiary alicyclic amines) is 1. The third-order valence-corrected chi connectivity index (χ3v) is 6.91. The monoisotopic (exact) mass is 416 g/mol. The number of thiophene rings is 1. The maximum absolute atomic E-state index is 13.8. The van der Waals surface area contributed by atoms with Gasteiger partial charge in [-0.3, -0.25) is 9.59 Å². The van der Waals surface area contributed by atoms with Crippen LogP contribution in [0.15, 0.2) is 65.7 Å². The molecule has 0 saturated carbocycles. The van der Waals surface area contributed by atoms with E-state index in [-0.39, 0.29) is 11.8 Å². The third kappa shape index (κ3) is 3.05. The first kappa shape index (κ1) is 19.1. The molecule has 4 nitrogen and oxygen atoms in total. The van der Waals surface area contributed by atoms with Gasteiger partial charge in [-0.25, -0.2) is 4.90 Å². The lowest BCUT2D eigenvalue weighted by Crippen LogP contribution is -2.42. The van der Waals surface area contributed by atoms with Gasteiger partial charge < -0.3 is 4.90 Å². The van der Waals surface area contributed by atoms with E-state index in [1.165, 1.54) is 16.2 Å². The molecule has 1 saturated heterocycles. The highest BCUT2D eigenvalue weighted by molar-refractivity contribution is 7.11. The van der Waals surface area contributed by atoms with Crippen molar-refractivity contribution in [2.45, 2.75) is 20.3 Å². The molecule has 0 radical (unpaired) electrons. The van der Waals surface area contributed by atoms with Gasteiger partial charge in [0.2, 0.25) is 0 Å². The fraction of sp³-hybridized carbons (Fsp3) is 0.280. The molecule has 2 atom stereocenters. The van der Waals surface area contributed by atoms with Crippen molar-refractivity contribution in [2.75, 3.05) is 18.0 Å². The van der Waals surface area contributed by atoms with E-state index in [4.69, 9.17) is 0 Å². The molecular weight excluding hydrogens is 392 g/mol. The highest BCUT2D eigenvalue weighted by atomic mass is 32.1. The van der Waals surface area contributed by atoms with E-state index in [1.807, 2.05) is 60.0 Å². The molecule has 0 N–H and O–H groups in total. The summed E-state index contributed by atoms with van der Waals surface area (Å²) in [5.74, 6) is 0.543. The molecule has 2 aliphatic rings. The average molecular weight is 417 g/mol. The van der Waals surface area contributed by atoms with E-state index in [9.17, 15) is 9.59 Å². The number of fused-ring (bicyclic) bond motifs is 1. The summed E-state index contributed by atoms with van der Waals surface area (Å²) in [6, 6.07) is 17.5. The Morgan fingerprint density at radius 3 is 2.33 bits per heavy atom. The molecule has 1 fully saturated rings. The van der Waals surface area contributed by atoms with Crippen LogP contribution in [0.4, 0.5) is 5.69 Å². The Labute approximate surface area is 180 Å². The predicted molar refractivity (Wildman–Crippen MR) is 122 cm³/mol. The Kier molecular flexibility index (Phi) is 4.70. The van der Waals surface area contributed by atoms with Gasteiger partial charge in [0.15, 0.2) is 0 Å². The summed E-state index contributed by atoms with van der Waals surface area (Å²) in [6.45, 7) is 6.05. The van der Waals surface area contributed by atoms with Crippen LogP contribution in [0, 0.1) is 11.8 Å². The molecule has 0 bridgehead atoms. The van der Waals surface area contributed by atoms with Gasteiger partial charge >= 0.3 is 0 Å². The number of amides is 2. The van der Waals surface area contributed by atoms with Gasteiger partial charge in [-0.05, 0) is 41.2 Å². The summed E-state index contributed by atoms with van der Waals surface area (Å²) in [7, 11) is 0. The Morgan fingerprint density at radius 1 is 0.867 bits per heavy atom. The number of rotatable bonds is 3. The first-order chi connectivity index (χ1) is 14.5. The summed E-state index contributed by atoms with van der Waals surface area (Å²) >= 11 is 1.51. The lowest BCUT2D eigenvalue weighted by Gasteiger charge is -2.37. The Balaban J connectivity index is 1.66. The molecule has 3 heterocycles. The molecule has 30 heavy (non-hydrogen) atoms. The number of hydrogen-bond acceptors (Lipinski definition) is 4. The lowest BCUT2D eigenvalue weighted by molar-refractivity contribution is -0.120. The number of hydrogen-bond donors (Lipinski definition) is 0. The zero-order chi connectivity index (χ0) is 20.8. The summed E-state index contributed by atoms with van der Waals surface area (Å²) in [6.07, 6.45) is 1.15. The van der Waals surface area contributed by atoms with Gasteiger partial charge in [0, 0.05) is 23.4 Å². The molecule has 2 amide bonds. The van der Waals surface area contributed by atoms with Crippen molar-refractivity contribution >= 4 is 45.2 Å². The largest absolute Gasteiger partial charge is 0.366 e. The zero-order valence-corrected chi connectivity index (χ0v) is 18.0. The highest BCUT2D eigenvalue weighted by Crippen LogP contribution is 2.40. The minimum Gasteiger partial charge on any atom is -0.366 e. The highest BCUT2D eigenvalue weighted by Gasteiger charge is 2.44. The molecule has 2 unspecified atom stereocenters. The minimum absolute atomic E-state index is 0.207. The second kappa shape index (κ2) is 7.40. The quantitative estimate of drug-likeness (QED) is 0.554. The Hall–Kier alpha value is -2.92. The van der Waals surface area contributed by atoms with Crippen LogP contribution in [0.2, 0.25) is 0 Å². The van der Waals surface area contributed by atoms with Crippen LogP contribution in [-0.2, 0) is 9.59 Å². The molecule has 5 heteroatoms. The van der Waals surface area contributed by atoms with Crippen LogP contribution in [0.3, 0.4) is 0 Å². The second-order valence-electron chi connectivity index (χ2n) is 8.50. The third-order valence-electron chi connectivity index (χ3n) is 6.02. The van der Waals surface area contributed by atoms with Crippen molar-refractivity contribution in [3.05, 3.63) is 70.6 Å². The van der Waals surface area contributed by atoms with Gasteiger partial charge in [0.05, 0.1) is 11.3 Å². The summed E-state index contributed by atoms with van der Waals surface area (Å²) < 4.78 is 0. The van der Waals surface area contributed by atoms with Crippen molar-refractivity contribution < 1.29 is 9.59 Å². The maximum Gasteiger partial charge on any atom is 0.282 e. The fourth-order valence-electron chi connectivity index (χ4n) is 4.92. The van der Waals surface area contributed by atoms with Crippen LogP contribution in [0.1, 0.15) is 25.1 Å². The van der Waals surface area contributed by atoms with Crippen molar-refractivity contribution in [1.82, 2.24) is 4.90 Å². The van der Waals surface area contributed by atoms with Gasteiger partial charge in [0.25, 0.3) is 11.8 Å². The van der Waals surface area contributed by atoms with Gasteiger partial charge in [-0.1, -0.05) is 56.3 Å². The zero-order valence-electron chi connectivity index (χ0n) is 17.2. The van der Waals surface area contributed by atoms with Crippen molar-refractivity contribution in [3.63, 3.8) is 0 Å². The number of anilines is 1. The number of nitrogens with zero attached hydrogens (tertiary/aromatic N) is 2. The van der Waals surface area contributed by atoms with Crippen molar-refractivity contribution in [1.29, 1.82) is 0 Å². The first-order valence-corrected chi connectivity index (χ1v) is 11.3. The van der Waals surface area contributed by atoms with Gasteiger partial charge in [0.1, 0.15) is 5.70 Å². The van der Waals surface area contributed by atoms with E-state index in [0.717, 1.165) is 35.2 Å². The van der Waals surface area contributed by atoms with E-state index in [1.54, 1.807) is 0 Å². The van der Waals surface area contributed by atoms with Crippen LogP contribution >= 0.6 is 11.3 Å². The lowest BCUT2D eigenvalue weighted by atomic mass is 9.91. The van der Waals surface area contributed by atoms with Gasteiger partial charge in [-0.15, -0.1) is 11.3 Å². The number of imide groups is 1.